The Morgan fingerprint density at radius 1 is 1.42 bits per heavy atom. The fraction of sp³-hybridized carbons (Fsp3) is 1.00. The Balaban J connectivity index is 3.58. The van der Waals surface area contributed by atoms with Crippen LogP contribution in [-0.4, -0.2) is 32.5 Å². The maximum Gasteiger partial charge on any atom is 0.264 e. The van der Waals surface area contributed by atoms with Crippen molar-refractivity contribution in [2.24, 2.45) is 5.92 Å². The molecule has 1 N–H and O–H groups in total. The molecule has 0 saturated heterocycles. The molecule has 0 heterocycles. The van der Waals surface area contributed by atoms with Crippen LogP contribution in [-0.2, 0) is 14.3 Å². The fourth-order valence-electron chi connectivity index (χ4n) is 0.654. The number of aliphatic hydroxyl groups is 1. The molecule has 0 aromatic rings. The van der Waals surface area contributed by atoms with E-state index in [0.29, 0.717) is 6.42 Å². The van der Waals surface area contributed by atoms with E-state index in [-0.39, 0.29) is 12.5 Å². The van der Waals surface area contributed by atoms with Gasteiger partial charge in [-0.25, -0.2) is 0 Å². The van der Waals surface area contributed by atoms with Crippen molar-refractivity contribution in [2.75, 3.05) is 12.9 Å². The lowest BCUT2D eigenvalue weighted by Crippen LogP contribution is -2.18. The summed E-state index contributed by atoms with van der Waals surface area (Å²) in [6.07, 6.45) is 0.853. The zero-order valence-corrected chi connectivity index (χ0v) is 8.47. The van der Waals surface area contributed by atoms with E-state index in [1.54, 1.807) is 0 Å². The molecule has 4 nitrogen and oxygen atoms in total. The van der Waals surface area contributed by atoms with E-state index < -0.39 is 16.2 Å². The van der Waals surface area contributed by atoms with Crippen LogP contribution in [0.1, 0.15) is 20.3 Å². The highest BCUT2D eigenvalue weighted by atomic mass is 32.2. The number of hydrogen-bond donors (Lipinski definition) is 1. The van der Waals surface area contributed by atoms with Crippen molar-refractivity contribution >= 4 is 10.1 Å². The highest BCUT2D eigenvalue weighted by Crippen LogP contribution is 2.05. The molecule has 0 bridgehead atoms. The topological polar surface area (TPSA) is 63.6 Å². The average molecular weight is 196 g/mol. The van der Waals surface area contributed by atoms with Gasteiger partial charge in [0.15, 0.2) is 0 Å². The van der Waals surface area contributed by atoms with Gasteiger partial charge in [0.1, 0.15) is 0 Å². The van der Waals surface area contributed by atoms with Gasteiger partial charge in [0.2, 0.25) is 0 Å². The molecule has 0 aliphatic rings. The molecule has 0 radical (unpaired) electrons. The maximum absolute atomic E-state index is 10.5. The molecule has 0 aromatic heterocycles. The van der Waals surface area contributed by atoms with Crippen molar-refractivity contribution in [2.45, 2.75) is 26.4 Å². The van der Waals surface area contributed by atoms with Crippen LogP contribution in [0.15, 0.2) is 0 Å². The summed E-state index contributed by atoms with van der Waals surface area (Å²) in [5.74, 6) is 0.133. The molecule has 1 atom stereocenters. The van der Waals surface area contributed by atoms with Crippen molar-refractivity contribution in [3.05, 3.63) is 0 Å². The minimum absolute atomic E-state index is 0.0537. The zero-order valence-electron chi connectivity index (χ0n) is 7.65. The first-order chi connectivity index (χ1) is 5.33. The molecule has 0 aromatic carbocycles. The molecule has 5 heteroatoms. The second kappa shape index (κ2) is 4.79. The van der Waals surface area contributed by atoms with Crippen molar-refractivity contribution in [1.82, 2.24) is 0 Å². The van der Waals surface area contributed by atoms with Gasteiger partial charge in [0.05, 0.1) is 19.0 Å². The highest BCUT2D eigenvalue weighted by molar-refractivity contribution is 7.85. The van der Waals surface area contributed by atoms with Crippen LogP contribution in [0, 0.1) is 5.92 Å². The summed E-state index contributed by atoms with van der Waals surface area (Å²) < 4.78 is 25.4. The van der Waals surface area contributed by atoms with E-state index in [0.717, 1.165) is 6.26 Å². The first kappa shape index (κ1) is 11.9. The smallest absolute Gasteiger partial charge is 0.264 e. The van der Waals surface area contributed by atoms with Crippen LogP contribution in [0.4, 0.5) is 0 Å². The van der Waals surface area contributed by atoms with Gasteiger partial charge in [-0.15, -0.1) is 0 Å². The van der Waals surface area contributed by atoms with Crippen molar-refractivity contribution in [3.8, 4) is 0 Å². The molecule has 0 saturated carbocycles. The van der Waals surface area contributed by atoms with Gasteiger partial charge in [-0.2, -0.15) is 8.42 Å². The van der Waals surface area contributed by atoms with Crippen LogP contribution < -0.4 is 0 Å². The van der Waals surface area contributed by atoms with Crippen LogP contribution >= 0.6 is 0 Å². The minimum atomic E-state index is -3.36. The normalized spacial score (nSPS) is 15.1. The lowest BCUT2D eigenvalue weighted by Gasteiger charge is -2.13. The summed E-state index contributed by atoms with van der Waals surface area (Å²) in [7, 11) is -3.36. The summed E-state index contributed by atoms with van der Waals surface area (Å²) in [4.78, 5) is 0. The van der Waals surface area contributed by atoms with Crippen LogP contribution in [0.3, 0.4) is 0 Å². The van der Waals surface area contributed by atoms with Gasteiger partial charge in [-0.1, -0.05) is 13.8 Å². The molecule has 0 unspecified atom stereocenters. The first-order valence-corrected chi connectivity index (χ1v) is 5.67. The highest BCUT2D eigenvalue weighted by Gasteiger charge is 2.10. The predicted octanol–water partition coefficient (Wildman–Crippen LogP) is 0.370. The predicted molar refractivity (Wildman–Crippen MR) is 46.3 cm³/mol. The SMILES string of the molecule is CC(C)[C@H](O)CCOS(C)(=O)=O. The second-order valence-corrected chi connectivity index (χ2v) is 4.77. The van der Waals surface area contributed by atoms with Gasteiger partial charge in [0, 0.05) is 0 Å². The van der Waals surface area contributed by atoms with E-state index in [1.807, 2.05) is 13.8 Å². The maximum atomic E-state index is 10.5. The third-order valence-corrected chi connectivity index (χ3v) is 2.08. The first-order valence-electron chi connectivity index (χ1n) is 3.85. The summed E-state index contributed by atoms with van der Waals surface area (Å²) in [5, 5.41) is 9.25. The molecule has 0 aliphatic carbocycles. The molecule has 0 fully saturated rings. The van der Waals surface area contributed by atoms with Crippen LogP contribution in [0.2, 0.25) is 0 Å². The summed E-state index contributed by atoms with van der Waals surface area (Å²) >= 11 is 0. The molecule has 12 heavy (non-hydrogen) atoms. The Morgan fingerprint density at radius 3 is 2.25 bits per heavy atom. The second-order valence-electron chi connectivity index (χ2n) is 3.13. The Morgan fingerprint density at radius 2 is 1.92 bits per heavy atom. The number of hydrogen-bond acceptors (Lipinski definition) is 4. The molecule has 74 valence electrons. The molecular formula is C7H16O4S. The Bertz CT molecular complexity index is 207. The van der Waals surface area contributed by atoms with E-state index >= 15 is 0 Å². The van der Waals surface area contributed by atoms with Gasteiger partial charge in [0.25, 0.3) is 10.1 Å². The van der Waals surface area contributed by atoms with Gasteiger partial charge in [-0.3, -0.25) is 4.18 Å². The monoisotopic (exact) mass is 196 g/mol. The minimum Gasteiger partial charge on any atom is -0.393 e. The summed E-state index contributed by atoms with van der Waals surface area (Å²) in [6.45, 7) is 3.79. The number of rotatable bonds is 5. The number of aliphatic hydroxyl groups excluding tert-OH is 1. The Kier molecular flexibility index (Phi) is 4.74. The van der Waals surface area contributed by atoms with Crippen LogP contribution in [0.25, 0.3) is 0 Å². The third kappa shape index (κ3) is 6.57. The van der Waals surface area contributed by atoms with Crippen molar-refractivity contribution in [1.29, 1.82) is 0 Å². The van der Waals surface area contributed by atoms with E-state index in [1.165, 1.54) is 0 Å². The van der Waals surface area contributed by atoms with Gasteiger partial charge in [-0.05, 0) is 12.3 Å². The van der Waals surface area contributed by atoms with Crippen molar-refractivity contribution < 1.29 is 17.7 Å². The molecule has 0 aliphatic heterocycles. The lowest BCUT2D eigenvalue weighted by molar-refractivity contribution is 0.0991. The molecule has 0 amide bonds. The summed E-state index contributed by atoms with van der Waals surface area (Å²) in [6, 6.07) is 0. The lowest BCUT2D eigenvalue weighted by atomic mass is 10.1. The Labute approximate surface area is 73.7 Å². The molecule has 0 spiro atoms. The standard InChI is InChI=1S/C7H16O4S/c1-6(2)7(8)4-5-11-12(3,9)10/h6-8H,4-5H2,1-3H3/t7-/m1/s1. The average Bonchev–Trinajstić information content (AvgIpc) is 1.84. The van der Waals surface area contributed by atoms with E-state index in [2.05, 4.69) is 4.18 Å². The fourth-order valence-corrected chi connectivity index (χ4v) is 1.05. The van der Waals surface area contributed by atoms with Gasteiger partial charge < -0.3 is 5.11 Å². The quantitative estimate of drug-likeness (QED) is 0.645. The van der Waals surface area contributed by atoms with Crippen LogP contribution in [0.5, 0.6) is 0 Å². The van der Waals surface area contributed by atoms with Crippen molar-refractivity contribution in [3.63, 3.8) is 0 Å². The largest absolute Gasteiger partial charge is 0.393 e. The molecular weight excluding hydrogens is 180 g/mol. The zero-order chi connectivity index (χ0) is 9.78. The van der Waals surface area contributed by atoms with E-state index in [9.17, 15) is 13.5 Å². The third-order valence-electron chi connectivity index (χ3n) is 1.48. The summed E-state index contributed by atoms with van der Waals surface area (Å²) in [5.41, 5.74) is 0. The van der Waals surface area contributed by atoms with Gasteiger partial charge >= 0.3 is 0 Å². The molecule has 0 rings (SSSR count). The van der Waals surface area contributed by atoms with E-state index in [4.69, 9.17) is 0 Å². The Hall–Kier alpha value is -0.130.